The van der Waals surface area contributed by atoms with Crippen LogP contribution in [0.3, 0.4) is 0 Å². The van der Waals surface area contributed by atoms with Crippen molar-refractivity contribution in [3.8, 4) is 100 Å². The quantitative estimate of drug-likeness (QED) is 0.0839. The summed E-state index contributed by atoms with van der Waals surface area (Å²) in [5.74, 6) is 0. The van der Waals surface area contributed by atoms with Crippen LogP contribution in [0.5, 0.6) is 0 Å². The molecule has 634 valence electrons. The van der Waals surface area contributed by atoms with E-state index in [2.05, 4.69) is 544 Å². The molecule has 0 spiro atoms. The highest BCUT2D eigenvalue weighted by Crippen LogP contribution is 2.62. The SMILES string of the molecule is c1ccc(-c2cccc(-c3ccc(N(c4ccc5c(c4)C(c4ccccc4)(c4ccccc4)c4ccccc4-5)c4c(-c5ccc6cccc(-c7ccc(-c8ccc(-c9ccc(N(c%10ccc%11c(c%10)C(c%10ccccc%10)(c%10ccccc%10)c%10ccccc%10-%11)c%10c(-c%11ccc%12ccccc%12c%11)c%11ccccc%11c%11ccccc%10%11)cc9)cc8)cc7)c6c5)c5ccccc5c5ccccc45)cc3)c2)cc1. The van der Waals surface area contributed by atoms with Gasteiger partial charge in [-0.05, 0) is 254 Å². The average Bonchev–Trinajstić information content (AvgIpc) is 1.55. The normalized spacial score (nSPS) is 12.7. The first-order valence-electron chi connectivity index (χ1n) is 47.2. The lowest BCUT2D eigenvalue weighted by Crippen LogP contribution is -2.28. The molecule has 0 heterocycles. The van der Waals surface area contributed by atoms with Crippen molar-refractivity contribution < 1.29 is 0 Å². The van der Waals surface area contributed by atoms with Crippen LogP contribution in [0.15, 0.2) is 534 Å². The number of hydrogen-bond donors (Lipinski definition) is 0. The molecule has 2 aliphatic carbocycles. The van der Waals surface area contributed by atoms with Crippen LogP contribution in [-0.2, 0) is 10.8 Å². The first-order chi connectivity index (χ1) is 67.5. The molecule has 0 aliphatic heterocycles. The fraction of sp³-hybridized carbons (Fsp3) is 0.0149. The highest BCUT2D eigenvalue weighted by molar-refractivity contribution is 6.25. The Morgan fingerprint density at radius 2 is 0.419 bits per heavy atom. The van der Waals surface area contributed by atoms with Gasteiger partial charge in [-0.3, -0.25) is 0 Å². The fourth-order valence-corrected chi connectivity index (χ4v) is 23.1. The van der Waals surface area contributed by atoms with Gasteiger partial charge < -0.3 is 9.80 Å². The highest BCUT2D eigenvalue weighted by Gasteiger charge is 2.49. The summed E-state index contributed by atoms with van der Waals surface area (Å²) in [6.07, 6.45) is 0. The summed E-state index contributed by atoms with van der Waals surface area (Å²) in [5.41, 5.74) is 36.3. The lowest BCUT2D eigenvalue weighted by Gasteiger charge is -2.35. The third-order valence-electron chi connectivity index (χ3n) is 29.2. The maximum Gasteiger partial charge on any atom is 0.0714 e. The molecule has 0 aromatic heterocycles. The highest BCUT2D eigenvalue weighted by atomic mass is 15.2. The summed E-state index contributed by atoms with van der Waals surface area (Å²) in [4.78, 5) is 5.15. The predicted octanol–water partition coefficient (Wildman–Crippen LogP) is 35.9. The van der Waals surface area contributed by atoms with Gasteiger partial charge in [-0.2, -0.15) is 0 Å². The molecule has 0 fully saturated rings. The number of anilines is 6. The van der Waals surface area contributed by atoms with Gasteiger partial charge in [0.05, 0.1) is 22.2 Å². The zero-order chi connectivity index (χ0) is 89.8. The van der Waals surface area contributed by atoms with Gasteiger partial charge in [0.2, 0.25) is 0 Å². The van der Waals surface area contributed by atoms with Crippen molar-refractivity contribution in [3.63, 3.8) is 0 Å². The second-order valence-electron chi connectivity index (χ2n) is 36.3. The molecule has 26 rings (SSSR count). The Balaban J connectivity index is 0.586. The Morgan fingerprint density at radius 3 is 0.868 bits per heavy atom. The maximum atomic E-state index is 2.58. The van der Waals surface area contributed by atoms with E-state index < -0.39 is 10.8 Å². The van der Waals surface area contributed by atoms with Gasteiger partial charge in [-0.15, -0.1) is 0 Å². The minimum Gasteiger partial charge on any atom is -0.309 e. The number of rotatable bonds is 17. The van der Waals surface area contributed by atoms with Crippen LogP contribution in [0.1, 0.15) is 44.5 Å². The smallest absolute Gasteiger partial charge is 0.0714 e. The van der Waals surface area contributed by atoms with Gasteiger partial charge in [0.1, 0.15) is 0 Å². The lowest BCUT2D eigenvalue weighted by atomic mass is 9.67. The number of hydrogen-bond acceptors (Lipinski definition) is 2. The van der Waals surface area contributed by atoms with E-state index in [1.807, 2.05) is 0 Å². The Kier molecular flexibility index (Phi) is 19.1. The van der Waals surface area contributed by atoms with E-state index in [0.717, 1.165) is 95.1 Å². The maximum absolute atomic E-state index is 2.58. The Bertz CT molecular complexity index is 8710. The zero-order valence-corrected chi connectivity index (χ0v) is 74.7. The molecule has 0 unspecified atom stereocenters. The van der Waals surface area contributed by atoms with E-state index >= 15 is 0 Å². The van der Waals surface area contributed by atoms with Gasteiger partial charge >= 0.3 is 0 Å². The molecule has 2 heteroatoms. The van der Waals surface area contributed by atoms with Crippen molar-refractivity contribution in [1.29, 1.82) is 0 Å². The average molecular weight is 1730 g/mol. The van der Waals surface area contributed by atoms with Crippen LogP contribution in [-0.4, -0.2) is 0 Å². The van der Waals surface area contributed by atoms with Crippen LogP contribution >= 0.6 is 0 Å². The van der Waals surface area contributed by atoms with Crippen molar-refractivity contribution in [3.05, 3.63) is 578 Å². The summed E-state index contributed by atoms with van der Waals surface area (Å²) < 4.78 is 0. The zero-order valence-electron chi connectivity index (χ0n) is 74.7. The molecule has 0 atom stereocenters. The molecule has 136 heavy (non-hydrogen) atoms. The van der Waals surface area contributed by atoms with Crippen molar-refractivity contribution >= 4 is 98.8 Å². The van der Waals surface area contributed by atoms with E-state index in [4.69, 9.17) is 0 Å². The Morgan fingerprint density at radius 1 is 0.132 bits per heavy atom. The second kappa shape index (κ2) is 32.8. The number of benzene rings is 24. The van der Waals surface area contributed by atoms with E-state index in [9.17, 15) is 0 Å². The fourth-order valence-electron chi connectivity index (χ4n) is 23.1. The number of fused-ring (bicyclic) bond motifs is 14. The summed E-state index contributed by atoms with van der Waals surface area (Å²) in [5, 5.41) is 14.3. The molecule has 2 nitrogen and oxygen atoms in total. The summed E-state index contributed by atoms with van der Waals surface area (Å²) >= 11 is 0. The third kappa shape index (κ3) is 12.9. The first kappa shape index (κ1) is 79.4. The Labute approximate surface area is 792 Å². The van der Waals surface area contributed by atoms with Crippen molar-refractivity contribution in [2.24, 2.45) is 0 Å². The van der Waals surface area contributed by atoms with Crippen molar-refractivity contribution in [1.82, 2.24) is 0 Å². The molecule has 0 N–H and O–H groups in total. The minimum absolute atomic E-state index is 0.618. The molecule has 2 aliphatic rings. The van der Waals surface area contributed by atoms with Crippen LogP contribution in [0.25, 0.3) is 165 Å². The molecule has 0 radical (unpaired) electrons. The predicted molar refractivity (Wildman–Crippen MR) is 574 cm³/mol. The molecule has 24 aromatic rings. The van der Waals surface area contributed by atoms with Crippen LogP contribution in [0.4, 0.5) is 34.1 Å². The third-order valence-corrected chi connectivity index (χ3v) is 29.2. The van der Waals surface area contributed by atoms with E-state index in [0.29, 0.717) is 0 Å². The van der Waals surface area contributed by atoms with Crippen molar-refractivity contribution in [2.75, 3.05) is 9.80 Å². The molecule has 0 bridgehead atoms. The topological polar surface area (TPSA) is 6.48 Å². The van der Waals surface area contributed by atoms with Crippen molar-refractivity contribution in [2.45, 2.75) is 10.8 Å². The molecular formula is C134H88N2. The number of nitrogens with zero attached hydrogens (tertiary/aromatic N) is 2. The molecular weight excluding hydrogens is 1640 g/mol. The van der Waals surface area contributed by atoms with E-state index in [1.54, 1.807) is 0 Å². The van der Waals surface area contributed by atoms with E-state index in [1.165, 1.54) is 148 Å². The standard InChI is InChI=1S/C134H88N2/c1-6-32-89(33-7-1)99-37-30-38-100(84-99)95-74-78-108(79-75-95)136(110-81-83-119-117-52-27-29-59-126(117)134(128(119)88-110,105-43-12-4-13-44-105)106-45-14-5-15-46-106)132-123-56-25-21-50-115(123)113-48-19-23-54-121(113)130(132)102-71-69-96-36-31-57-111(124(96)86-102)97-67-64-93(65-68-97)91-60-62-92(63-61-91)94-72-76-107(77-73-94)135(131-122-55-24-20-49-114(122)112-47-18-22-53-120(112)129(131)101-70-66-90-34-16-17-35-98(90)85-101)109-80-82-118-116-51-26-28-58-125(116)133(127(118)87-109,103-39-8-2-9-40-103)104-41-10-3-11-42-104/h1-88H. The van der Waals surface area contributed by atoms with Gasteiger partial charge in [0.15, 0.2) is 0 Å². The van der Waals surface area contributed by atoms with Gasteiger partial charge in [0.25, 0.3) is 0 Å². The Hall–Kier alpha value is -17.6. The minimum atomic E-state index is -0.636. The second-order valence-corrected chi connectivity index (χ2v) is 36.3. The van der Waals surface area contributed by atoms with Crippen LogP contribution in [0.2, 0.25) is 0 Å². The van der Waals surface area contributed by atoms with Gasteiger partial charge in [-0.25, -0.2) is 0 Å². The molecule has 0 amide bonds. The van der Waals surface area contributed by atoms with Gasteiger partial charge in [-0.1, -0.05) is 467 Å². The van der Waals surface area contributed by atoms with E-state index in [-0.39, 0.29) is 0 Å². The monoisotopic (exact) mass is 1720 g/mol. The summed E-state index contributed by atoms with van der Waals surface area (Å²) in [6.45, 7) is 0. The van der Waals surface area contributed by atoms with Gasteiger partial charge in [0, 0.05) is 44.6 Å². The van der Waals surface area contributed by atoms with Crippen LogP contribution < -0.4 is 9.80 Å². The van der Waals surface area contributed by atoms with Crippen LogP contribution in [0, 0.1) is 0 Å². The lowest BCUT2D eigenvalue weighted by molar-refractivity contribution is 0.768. The summed E-state index contributed by atoms with van der Waals surface area (Å²) in [7, 11) is 0. The summed E-state index contributed by atoms with van der Waals surface area (Å²) in [6, 6.07) is 200. The largest absolute Gasteiger partial charge is 0.309 e. The molecule has 0 saturated heterocycles. The molecule has 24 aromatic carbocycles. The first-order valence-corrected chi connectivity index (χ1v) is 47.2. The molecule has 0 saturated carbocycles.